The fourth-order valence-electron chi connectivity index (χ4n) is 1.88. The van der Waals surface area contributed by atoms with Crippen molar-refractivity contribution in [2.24, 2.45) is 0 Å². The fraction of sp³-hybridized carbons (Fsp3) is 0.643. The molecule has 112 valence electrons. The Morgan fingerprint density at radius 2 is 2.10 bits per heavy atom. The lowest BCUT2D eigenvalue weighted by atomic mass is 10.2. The maximum atomic E-state index is 12.1. The number of pyridine rings is 1. The van der Waals surface area contributed by atoms with Crippen molar-refractivity contribution < 1.29 is 13.2 Å². The molecular formula is C14H20F3N3. The molecule has 1 heterocycles. The van der Waals surface area contributed by atoms with E-state index in [0.717, 1.165) is 17.8 Å². The molecule has 0 atom stereocenters. The van der Waals surface area contributed by atoms with Gasteiger partial charge in [0.15, 0.2) is 0 Å². The predicted molar refractivity (Wildman–Crippen MR) is 71.1 cm³/mol. The second kappa shape index (κ2) is 6.54. The molecule has 0 aromatic carbocycles. The molecule has 1 saturated carbocycles. The number of hydrogen-bond donors (Lipinski definition) is 1. The fourth-order valence-corrected chi connectivity index (χ4v) is 1.88. The molecule has 0 amide bonds. The van der Waals surface area contributed by atoms with Crippen molar-refractivity contribution >= 4 is 0 Å². The Balaban J connectivity index is 1.74. The Bertz CT molecular complexity index is 413. The summed E-state index contributed by atoms with van der Waals surface area (Å²) < 4.78 is 36.3. The Morgan fingerprint density at radius 3 is 2.65 bits per heavy atom. The van der Waals surface area contributed by atoms with Gasteiger partial charge in [-0.1, -0.05) is 6.07 Å². The molecule has 1 aliphatic rings. The van der Waals surface area contributed by atoms with E-state index in [0.29, 0.717) is 12.6 Å². The van der Waals surface area contributed by atoms with Crippen molar-refractivity contribution in [2.75, 3.05) is 13.6 Å². The van der Waals surface area contributed by atoms with Crippen LogP contribution in [-0.4, -0.2) is 35.7 Å². The van der Waals surface area contributed by atoms with Gasteiger partial charge < -0.3 is 10.2 Å². The van der Waals surface area contributed by atoms with Crippen LogP contribution in [0.5, 0.6) is 0 Å². The summed E-state index contributed by atoms with van der Waals surface area (Å²) in [6, 6.07) is 4.52. The maximum Gasteiger partial charge on any atom is 0.390 e. The van der Waals surface area contributed by atoms with Gasteiger partial charge in [0.05, 0.1) is 12.1 Å². The standard InChI is InChI=1S/C14H20F3N3/c1-20(7-6-14(15,16)17)10-13-3-2-11(9-19-13)8-18-12-4-5-12/h2-3,9,12,18H,4-8,10H2,1H3. The molecule has 0 bridgehead atoms. The largest absolute Gasteiger partial charge is 0.390 e. The molecule has 20 heavy (non-hydrogen) atoms. The molecule has 1 fully saturated rings. The van der Waals surface area contributed by atoms with Crippen LogP contribution >= 0.6 is 0 Å². The lowest BCUT2D eigenvalue weighted by molar-refractivity contribution is -0.137. The average Bonchev–Trinajstić information content (AvgIpc) is 3.19. The first-order chi connectivity index (χ1) is 9.42. The van der Waals surface area contributed by atoms with Crippen molar-refractivity contribution in [1.29, 1.82) is 0 Å². The van der Waals surface area contributed by atoms with E-state index < -0.39 is 12.6 Å². The molecule has 6 heteroatoms. The predicted octanol–water partition coefficient (Wildman–Crippen LogP) is 2.72. The summed E-state index contributed by atoms with van der Waals surface area (Å²) >= 11 is 0. The van der Waals surface area contributed by atoms with Crippen molar-refractivity contribution in [2.45, 2.75) is 44.6 Å². The van der Waals surface area contributed by atoms with Crippen LogP contribution in [0.25, 0.3) is 0 Å². The highest BCUT2D eigenvalue weighted by Crippen LogP contribution is 2.20. The zero-order valence-electron chi connectivity index (χ0n) is 11.6. The van der Waals surface area contributed by atoms with Crippen LogP contribution in [0.2, 0.25) is 0 Å². The highest BCUT2D eigenvalue weighted by molar-refractivity contribution is 5.14. The summed E-state index contributed by atoms with van der Waals surface area (Å²) in [5.41, 5.74) is 1.91. The normalized spacial score (nSPS) is 15.8. The minimum atomic E-state index is -4.10. The Morgan fingerprint density at radius 1 is 1.35 bits per heavy atom. The first-order valence-corrected chi connectivity index (χ1v) is 6.85. The second-order valence-corrected chi connectivity index (χ2v) is 5.42. The number of nitrogens with zero attached hydrogens (tertiary/aromatic N) is 2. The summed E-state index contributed by atoms with van der Waals surface area (Å²) in [6.07, 6.45) is -0.597. The van der Waals surface area contributed by atoms with Crippen LogP contribution in [-0.2, 0) is 13.1 Å². The van der Waals surface area contributed by atoms with Crippen LogP contribution in [0.3, 0.4) is 0 Å². The highest BCUT2D eigenvalue weighted by Gasteiger charge is 2.27. The minimum Gasteiger partial charge on any atom is -0.310 e. The van der Waals surface area contributed by atoms with E-state index >= 15 is 0 Å². The first kappa shape index (κ1) is 15.3. The maximum absolute atomic E-state index is 12.1. The zero-order valence-corrected chi connectivity index (χ0v) is 11.6. The van der Waals surface area contributed by atoms with Crippen LogP contribution in [0, 0.1) is 0 Å². The summed E-state index contributed by atoms with van der Waals surface area (Å²) in [5, 5.41) is 3.39. The number of aromatic nitrogens is 1. The van der Waals surface area contributed by atoms with Crippen molar-refractivity contribution in [3.05, 3.63) is 29.6 Å². The second-order valence-electron chi connectivity index (χ2n) is 5.42. The van der Waals surface area contributed by atoms with Crippen molar-refractivity contribution in [1.82, 2.24) is 15.2 Å². The minimum absolute atomic E-state index is 0.00380. The van der Waals surface area contributed by atoms with Gasteiger partial charge in [0.25, 0.3) is 0 Å². The van der Waals surface area contributed by atoms with Gasteiger partial charge in [-0.3, -0.25) is 4.98 Å². The van der Waals surface area contributed by atoms with Crippen LogP contribution in [0.15, 0.2) is 18.3 Å². The highest BCUT2D eigenvalue weighted by atomic mass is 19.4. The monoisotopic (exact) mass is 287 g/mol. The summed E-state index contributed by atoms with van der Waals surface area (Å²) in [4.78, 5) is 5.94. The van der Waals surface area contributed by atoms with Crippen LogP contribution < -0.4 is 5.32 Å². The quantitative estimate of drug-likeness (QED) is 0.836. The number of rotatable bonds is 7. The third-order valence-electron chi connectivity index (χ3n) is 3.27. The molecule has 0 aliphatic heterocycles. The SMILES string of the molecule is CN(CCC(F)(F)F)Cc1ccc(CNC2CC2)cn1. The van der Waals surface area contributed by atoms with Gasteiger partial charge in [-0.15, -0.1) is 0 Å². The smallest absolute Gasteiger partial charge is 0.310 e. The van der Waals surface area contributed by atoms with E-state index in [-0.39, 0.29) is 6.54 Å². The van der Waals surface area contributed by atoms with Gasteiger partial charge in [0.1, 0.15) is 0 Å². The third-order valence-corrected chi connectivity index (χ3v) is 3.27. The van der Waals surface area contributed by atoms with E-state index in [1.807, 2.05) is 12.1 Å². The molecule has 0 unspecified atom stereocenters. The van der Waals surface area contributed by atoms with Crippen LogP contribution in [0.1, 0.15) is 30.5 Å². The van der Waals surface area contributed by atoms with Crippen LogP contribution in [0.4, 0.5) is 13.2 Å². The molecule has 0 spiro atoms. The number of halogens is 3. The molecule has 3 nitrogen and oxygen atoms in total. The Hall–Kier alpha value is -1.14. The topological polar surface area (TPSA) is 28.2 Å². The van der Waals surface area contributed by atoms with Gasteiger partial charge in [-0.25, -0.2) is 0 Å². The van der Waals surface area contributed by atoms with Gasteiger partial charge in [0, 0.05) is 31.9 Å². The molecule has 1 aliphatic carbocycles. The molecule has 2 rings (SSSR count). The number of alkyl halides is 3. The van der Waals surface area contributed by atoms with Gasteiger partial charge >= 0.3 is 6.18 Å². The van der Waals surface area contributed by atoms with E-state index in [1.165, 1.54) is 12.8 Å². The van der Waals surface area contributed by atoms with Crippen molar-refractivity contribution in [3.63, 3.8) is 0 Å². The van der Waals surface area contributed by atoms with Gasteiger partial charge in [-0.05, 0) is 31.5 Å². The summed E-state index contributed by atoms with van der Waals surface area (Å²) in [6.45, 7) is 1.24. The van der Waals surface area contributed by atoms with E-state index in [4.69, 9.17) is 0 Å². The number of nitrogens with one attached hydrogen (secondary N) is 1. The molecule has 1 aromatic heterocycles. The average molecular weight is 287 g/mol. The Labute approximate surface area is 117 Å². The molecule has 1 N–H and O–H groups in total. The zero-order chi connectivity index (χ0) is 14.6. The van der Waals surface area contributed by atoms with Crippen molar-refractivity contribution in [3.8, 4) is 0 Å². The Kier molecular flexibility index (Phi) is 4.99. The van der Waals surface area contributed by atoms with E-state index in [1.54, 1.807) is 18.1 Å². The molecule has 0 saturated heterocycles. The van der Waals surface area contributed by atoms with E-state index in [9.17, 15) is 13.2 Å². The molecular weight excluding hydrogens is 267 g/mol. The molecule has 0 radical (unpaired) electrons. The number of hydrogen-bond acceptors (Lipinski definition) is 3. The van der Waals surface area contributed by atoms with E-state index in [2.05, 4.69) is 10.3 Å². The lowest BCUT2D eigenvalue weighted by Crippen LogP contribution is -2.24. The molecule has 1 aromatic rings. The van der Waals surface area contributed by atoms with Gasteiger partial charge in [0.2, 0.25) is 0 Å². The lowest BCUT2D eigenvalue weighted by Gasteiger charge is -2.17. The summed E-state index contributed by atoms with van der Waals surface area (Å²) in [7, 11) is 1.68. The third kappa shape index (κ3) is 5.88. The van der Waals surface area contributed by atoms with Gasteiger partial charge in [-0.2, -0.15) is 13.2 Å². The first-order valence-electron chi connectivity index (χ1n) is 6.85. The summed E-state index contributed by atoms with van der Waals surface area (Å²) in [5.74, 6) is 0.